The van der Waals surface area contributed by atoms with E-state index < -0.39 is 0 Å². The molecule has 2 aliphatic rings. The van der Waals surface area contributed by atoms with Gasteiger partial charge >= 0.3 is 0 Å². The first kappa shape index (κ1) is 16.4. The molecular weight excluding hydrogens is 288 g/mol. The van der Waals surface area contributed by atoms with Crippen LogP contribution in [0, 0.1) is 0 Å². The largest absolute Gasteiger partial charge is 0.157 e. The highest BCUT2D eigenvalue weighted by molar-refractivity contribution is 8.06. The average Bonchev–Trinajstić information content (AvgIpc) is 3.04. The quantitative estimate of drug-likeness (QED) is 0.551. The van der Waals surface area contributed by atoms with Gasteiger partial charge in [-0.05, 0) is 37.2 Å². The Morgan fingerprint density at radius 3 is 1.74 bits per heavy atom. The molecule has 2 rings (SSSR count). The van der Waals surface area contributed by atoms with Gasteiger partial charge in [0.25, 0.3) is 0 Å². The first-order valence-corrected chi connectivity index (χ1v) is 11.3. The molecule has 4 unspecified atom stereocenters. The normalized spacial score (nSPS) is 35.1. The summed E-state index contributed by atoms with van der Waals surface area (Å²) >= 11 is 6.92. The Bertz CT molecular complexity index is 220. The van der Waals surface area contributed by atoms with E-state index in [2.05, 4.69) is 49.1 Å². The molecule has 0 spiro atoms. The molecule has 4 atom stereocenters. The van der Waals surface area contributed by atoms with Crippen molar-refractivity contribution in [1.82, 2.24) is 0 Å². The van der Waals surface area contributed by atoms with Crippen molar-refractivity contribution in [3.63, 3.8) is 0 Å². The van der Waals surface area contributed by atoms with Crippen LogP contribution in [0.25, 0.3) is 0 Å². The Morgan fingerprint density at radius 1 is 0.842 bits per heavy atom. The van der Waals surface area contributed by atoms with Crippen LogP contribution in [0.3, 0.4) is 0 Å². The fourth-order valence-electron chi connectivity index (χ4n) is 3.14. The van der Waals surface area contributed by atoms with Gasteiger partial charge in [0, 0.05) is 21.0 Å². The summed E-state index contributed by atoms with van der Waals surface area (Å²) < 4.78 is 0. The second-order valence-electron chi connectivity index (χ2n) is 5.89. The summed E-state index contributed by atoms with van der Waals surface area (Å²) in [7, 11) is 0. The molecule has 2 aliphatic heterocycles. The number of unbranched alkanes of at least 4 members (excludes halogenated alkanes) is 2. The van der Waals surface area contributed by atoms with Gasteiger partial charge in [-0.2, -0.15) is 35.3 Å². The van der Waals surface area contributed by atoms with Crippen LogP contribution in [-0.2, 0) is 0 Å². The van der Waals surface area contributed by atoms with Crippen molar-refractivity contribution in [1.29, 1.82) is 0 Å². The lowest BCUT2D eigenvalue weighted by molar-refractivity contribution is 0.651. The van der Waals surface area contributed by atoms with Crippen LogP contribution in [0.1, 0.15) is 65.2 Å². The Hall–Kier alpha value is 1.05. The van der Waals surface area contributed by atoms with Crippen LogP contribution < -0.4 is 0 Å². The maximum atomic E-state index is 2.39. The Balaban J connectivity index is 1.78. The maximum absolute atomic E-state index is 2.39. The number of hydrogen-bond donors (Lipinski definition) is 0. The average molecular weight is 319 g/mol. The molecule has 0 amide bonds. The van der Waals surface area contributed by atoms with Crippen molar-refractivity contribution in [2.45, 2.75) is 86.2 Å². The van der Waals surface area contributed by atoms with Crippen LogP contribution in [0.2, 0.25) is 0 Å². The van der Waals surface area contributed by atoms with E-state index >= 15 is 0 Å². The minimum atomic E-state index is 0.974. The fraction of sp³-hybridized carbons (Fsp3) is 1.00. The SMILES string of the molecule is CCCCC1SCCC1SC1CCSC1CCCC. The smallest absolute Gasteiger partial charge is 0.0177 e. The standard InChI is InChI=1S/C16H30S3/c1-3-5-7-13-15(9-11-17-13)19-16-10-12-18-14(16)8-6-4-2/h13-16H,3-12H2,1-2H3. The van der Waals surface area contributed by atoms with E-state index in [4.69, 9.17) is 0 Å². The van der Waals surface area contributed by atoms with Gasteiger partial charge in [0.1, 0.15) is 0 Å². The summed E-state index contributed by atoms with van der Waals surface area (Å²) in [5, 5.41) is 3.90. The summed E-state index contributed by atoms with van der Waals surface area (Å²) in [5.74, 6) is 2.84. The van der Waals surface area contributed by atoms with Gasteiger partial charge < -0.3 is 0 Å². The first-order valence-electron chi connectivity index (χ1n) is 8.23. The highest BCUT2D eigenvalue weighted by atomic mass is 32.2. The highest BCUT2D eigenvalue weighted by Crippen LogP contribution is 2.46. The molecule has 0 nitrogen and oxygen atoms in total. The lowest BCUT2D eigenvalue weighted by Gasteiger charge is -2.25. The Morgan fingerprint density at radius 2 is 1.32 bits per heavy atom. The van der Waals surface area contributed by atoms with E-state index in [9.17, 15) is 0 Å². The molecular formula is C16H30S3. The zero-order valence-electron chi connectivity index (χ0n) is 12.6. The van der Waals surface area contributed by atoms with Crippen molar-refractivity contribution in [3.05, 3.63) is 0 Å². The Labute approximate surface area is 133 Å². The molecule has 0 bridgehead atoms. The maximum Gasteiger partial charge on any atom is 0.0177 e. The number of thioether (sulfide) groups is 3. The van der Waals surface area contributed by atoms with E-state index in [1.165, 1.54) is 62.9 Å². The van der Waals surface area contributed by atoms with Crippen LogP contribution in [0.15, 0.2) is 0 Å². The van der Waals surface area contributed by atoms with Gasteiger partial charge in [0.15, 0.2) is 0 Å². The van der Waals surface area contributed by atoms with E-state index in [1.54, 1.807) is 0 Å². The third-order valence-corrected chi connectivity index (χ3v) is 9.43. The predicted octanol–water partition coefficient (Wildman–Crippen LogP) is 5.85. The topological polar surface area (TPSA) is 0 Å². The summed E-state index contributed by atoms with van der Waals surface area (Å²) in [5.41, 5.74) is 0. The molecule has 112 valence electrons. The van der Waals surface area contributed by atoms with Crippen molar-refractivity contribution >= 4 is 35.3 Å². The van der Waals surface area contributed by atoms with Gasteiger partial charge in [-0.1, -0.05) is 39.5 Å². The molecule has 2 fully saturated rings. The van der Waals surface area contributed by atoms with Gasteiger partial charge in [-0.3, -0.25) is 0 Å². The molecule has 3 heteroatoms. The Kier molecular flexibility index (Phi) is 7.90. The monoisotopic (exact) mass is 318 g/mol. The molecule has 0 aromatic heterocycles. The number of hydrogen-bond acceptors (Lipinski definition) is 3. The minimum Gasteiger partial charge on any atom is -0.157 e. The molecule has 19 heavy (non-hydrogen) atoms. The number of rotatable bonds is 8. The second kappa shape index (κ2) is 9.15. The van der Waals surface area contributed by atoms with Crippen LogP contribution in [0.4, 0.5) is 0 Å². The third-order valence-electron chi connectivity index (χ3n) is 4.33. The van der Waals surface area contributed by atoms with Crippen molar-refractivity contribution < 1.29 is 0 Å². The fourth-order valence-corrected chi connectivity index (χ4v) is 8.63. The van der Waals surface area contributed by atoms with E-state index in [-0.39, 0.29) is 0 Å². The molecule has 0 N–H and O–H groups in total. The lowest BCUT2D eigenvalue weighted by atomic mass is 10.1. The van der Waals surface area contributed by atoms with Crippen molar-refractivity contribution in [3.8, 4) is 0 Å². The van der Waals surface area contributed by atoms with E-state index in [0.717, 1.165) is 21.0 Å². The molecule has 0 aromatic rings. The second-order valence-corrected chi connectivity index (χ2v) is 10.1. The van der Waals surface area contributed by atoms with Crippen LogP contribution >= 0.6 is 35.3 Å². The highest BCUT2D eigenvalue weighted by Gasteiger charge is 2.35. The zero-order valence-corrected chi connectivity index (χ0v) is 15.1. The minimum absolute atomic E-state index is 0.974. The summed E-state index contributed by atoms with van der Waals surface area (Å²) in [6, 6.07) is 0. The predicted molar refractivity (Wildman–Crippen MR) is 95.9 cm³/mol. The first-order chi connectivity index (χ1) is 9.35. The third kappa shape index (κ3) is 5.07. The van der Waals surface area contributed by atoms with Gasteiger partial charge in [-0.15, -0.1) is 0 Å². The molecule has 2 heterocycles. The van der Waals surface area contributed by atoms with Crippen LogP contribution in [-0.4, -0.2) is 32.5 Å². The molecule has 0 saturated carbocycles. The van der Waals surface area contributed by atoms with Crippen molar-refractivity contribution in [2.24, 2.45) is 0 Å². The van der Waals surface area contributed by atoms with Gasteiger partial charge in [-0.25, -0.2) is 0 Å². The molecule has 0 radical (unpaired) electrons. The lowest BCUT2D eigenvalue weighted by Crippen LogP contribution is -2.22. The summed E-state index contributed by atoms with van der Waals surface area (Å²) in [6.45, 7) is 4.66. The molecule has 0 aromatic carbocycles. The summed E-state index contributed by atoms with van der Waals surface area (Å²) in [4.78, 5) is 0. The molecule has 0 aliphatic carbocycles. The van der Waals surface area contributed by atoms with Crippen molar-refractivity contribution in [2.75, 3.05) is 11.5 Å². The van der Waals surface area contributed by atoms with Gasteiger partial charge in [0.05, 0.1) is 0 Å². The van der Waals surface area contributed by atoms with Crippen LogP contribution in [0.5, 0.6) is 0 Å². The van der Waals surface area contributed by atoms with E-state index in [1.807, 2.05) is 0 Å². The van der Waals surface area contributed by atoms with Gasteiger partial charge in [0.2, 0.25) is 0 Å². The zero-order chi connectivity index (χ0) is 13.5. The molecule has 2 saturated heterocycles. The van der Waals surface area contributed by atoms with E-state index in [0.29, 0.717) is 0 Å². The summed E-state index contributed by atoms with van der Waals surface area (Å²) in [6.07, 6.45) is 11.5.